The summed E-state index contributed by atoms with van der Waals surface area (Å²) in [4.78, 5) is 27.5. The number of rotatable bonds is 6. The fourth-order valence-electron chi connectivity index (χ4n) is 4.84. The zero-order valence-electron chi connectivity index (χ0n) is 17.6. The molecule has 162 valence electrons. The molecule has 3 heterocycles. The standard InChI is InChI=1S/C23H28N6O2/c30-21-14-16-6-5-10-19(16)27-29(21)13-12-28-11-4-3-7-17(28)15-24-23(31)22-18-8-1-2-9-20(18)25-26-22/h1-2,8-9,14,17H,3-7,10-13,15H2,(H,24,31)(H,25,26). The molecular formula is C23H28N6O2. The molecular weight excluding hydrogens is 392 g/mol. The van der Waals surface area contributed by atoms with Crippen LogP contribution in [-0.2, 0) is 19.4 Å². The molecule has 1 aromatic carbocycles. The van der Waals surface area contributed by atoms with Crippen LogP contribution >= 0.6 is 0 Å². The van der Waals surface area contributed by atoms with Gasteiger partial charge in [-0.2, -0.15) is 10.2 Å². The summed E-state index contributed by atoms with van der Waals surface area (Å²) >= 11 is 0. The first-order valence-corrected chi connectivity index (χ1v) is 11.2. The number of H-pyrrole nitrogens is 1. The molecule has 2 aromatic heterocycles. The minimum Gasteiger partial charge on any atom is -0.349 e. The summed E-state index contributed by atoms with van der Waals surface area (Å²) < 4.78 is 1.62. The Hall–Kier alpha value is -3.00. The van der Waals surface area contributed by atoms with E-state index in [-0.39, 0.29) is 17.5 Å². The Kier molecular flexibility index (Phi) is 5.55. The van der Waals surface area contributed by atoms with Crippen molar-refractivity contribution in [3.8, 4) is 0 Å². The molecule has 0 bridgehead atoms. The average molecular weight is 421 g/mol. The molecule has 0 saturated carbocycles. The van der Waals surface area contributed by atoms with Gasteiger partial charge in [-0.25, -0.2) is 4.68 Å². The van der Waals surface area contributed by atoms with Crippen molar-refractivity contribution in [3.63, 3.8) is 0 Å². The number of aromatic amines is 1. The third-order valence-corrected chi connectivity index (χ3v) is 6.56. The number of nitrogens with zero attached hydrogens (tertiary/aromatic N) is 4. The van der Waals surface area contributed by atoms with Gasteiger partial charge in [0.2, 0.25) is 0 Å². The number of carbonyl (C=O) groups excluding carboxylic acids is 1. The largest absolute Gasteiger partial charge is 0.349 e. The summed E-state index contributed by atoms with van der Waals surface area (Å²) in [6.07, 6.45) is 6.35. The highest BCUT2D eigenvalue weighted by Crippen LogP contribution is 2.19. The van der Waals surface area contributed by atoms with Crippen molar-refractivity contribution in [2.45, 2.75) is 51.1 Å². The zero-order valence-corrected chi connectivity index (χ0v) is 17.6. The maximum Gasteiger partial charge on any atom is 0.272 e. The van der Waals surface area contributed by atoms with Gasteiger partial charge in [-0.15, -0.1) is 0 Å². The number of aryl methyl sites for hydroxylation is 2. The molecule has 0 radical (unpaired) electrons. The highest BCUT2D eigenvalue weighted by Gasteiger charge is 2.24. The van der Waals surface area contributed by atoms with Gasteiger partial charge in [-0.3, -0.25) is 19.6 Å². The van der Waals surface area contributed by atoms with Gasteiger partial charge >= 0.3 is 0 Å². The number of hydrogen-bond acceptors (Lipinski definition) is 5. The van der Waals surface area contributed by atoms with Crippen molar-refractivity contribution in [3.05, 3.63) is 57.6 Å². The number of hydrogen-bond donors (Lipinski definition) is 2. The summed E-state index contributed by atoms with van der Waals surface area (Å²) in [5.74, 6) is -0.153. The van der Waals surface area contributed by atoms with Gasteiger partial charge in [0, 0.05) is 30.6 Å². The van der Waals surface area contributed by atoms with Crippen LogP contribution < -0.4 is 10.9 Å². The number of aromatic nitrogens is 4. The quantitative estimate of drug-likeness (QED) is 0.635. The van der Waals surface area contributed by atoms with E-state index in [0.29, 0.717) is 18.8 Å². The van der Waals surface area contributed by atoms with E-state index in [1.54, 1.807) is 10.7 Å². The molecule has 8 heteroatoms. The number of piperidine rings is 1. The van der Waals surface area contributed by atoms with Crippen molar-refractivity contribution >= 4 is 16.8 Å². The number of carbonyl (C=O) groups is 1. The smallest absolute Gasteiger partial charge is 0.272 e. The minimum absolute atomic E-state index is 0.00655. The van der Waals surface area contributed by atoms with E-state index in [4.69, 9.17) is 0 Å². The van der Waals surface area contributed by atoms with Crippen LogP contribution in [0.3, 0.4) is 0 Å². The Labute approximate surface area is 180 Å². The Balaban J connectivity index is 1.22. The van der Waals surface area contributed by atoms with Gasteiger partial charge < -0.3 is 5.32 Å². The highest BCUT2D eigenvalue weighted by atomic mass is 16.2. The number of benzene rings is 1. The van der Waals surface area contributed by atoms with Crippen LogP contribution in [-0.4, -0.2) is 56.5 Å². The van der Waals surface area contributed by atoms with Crippen LogP contribution in [0.2, 0.25) is 0 Å². The first-order chi connectivity index (χ1) is 15.2. The van der Waals surface area contributed by atoms with Crippen molar-refractivity contribution in [2.24, 2.45) is 0 Å². The van der Waals surface area contributed by atoms with Crippen LogP contribution in [0.1, 0.15) is 47.4 Å². The van der Waals surface area contributed by atoms with Gasteiger partial charge in [0.05, 0.1) is 17.8 Å². The van der Waals surface area contributed by atoms with Gasteiger partial charge in [-0.1, -0.05) is 24.6 Å². The monoisotopic (exact) mass is 420 g/mol. The number of likely N-dealkylation sites (tertiary alicyclic amines) is 1. The number of fused-ring (bicyclic) bond motifs is 2. The molecule has 1 fully saturated rings. The van der Waals surface area contributed by atoms with Crippen molar-refractivity contribution in [2.75, 3.05) is 19.6 Å². The normalized spacial score (nSPS) is 18.9. The lowest BCUT2D eigenvalue weighted by atomic mass is 10.0. The molecule has 1 amide bonds. The second kappa shape index (κ2) is 8.63. The summed E-state index contributed by atoms with van der Waals surface area (Å²) in [6, 6.07) is 9.67. The van der Waals surface area contributed by atoms with E-state index < -0.39 is 0 Å². The Morgan fingerprint density at radius 2 is 2.06 bits per heavy atom. The van der Waals surface area contributed by atoms with Crippen molar-refractivity contribution in [1.29, 1.82) is 0 Å². The lowest BCUT2D eigenvalue weighted by molar-refractivity contribution is 0.0906. The topological polar surface area (TPSA) is 95.9 Å². The number of para-hydroxylation sites is 1. The number of amides is 1. The first-order valence-electron chi connectivity index (χ1n) is 11.2. The molecule has 1 saturated heterocycles. The summed E-state index contributed by atoms with van der Waals surface area (Å²) in [7, 11) is 0. The second-order valence-corrected chi connectivity index (χ2v) is 8.54. The van der Waals surface area contributed by atoms with Gasteiger partial charge in [0.1, 0.15) is 0 Å². The minimum atomic E-state index is -0.153. The molecule has 1 unspecified atom stereocenters. The molecule has 5 rings (SSSR count). The maximum atomic E-state index is 12.7. The Morgan fingerprint density at radius 1 is 1.16 bits per heavy atom. The summed E-state index contributed by atoms with van der Waals surface area (Å²) in [6.45, 7) is 2.90. The van der Waals surface area contributed by atoms with E-state index in [9.17, 15) is 9.59 Å². The van der Waals surface area contributed by atoms with Gasteiger partial charge in [-0.05, 0) is 50.3 Å². The SMILES string of the molecule is O=C(NCC1CCCCN1CCn1nc2c(cc1=O)CCC2)c1n[nH]c2ccccc12. The van der Waals surface area contributed by atoms with Crippen molar-refractivity contribution < 1.29 is 4.79 Å². The molecule has 8 nitrogen and oxygen atoms in total. The highest BCUT2D eigenvalue weighted by molar-refractivity contribution is 6.04. The van der Waals surface area contributed by atoms with Crippen molar-refractivity contribution in [1.82, 2.24) is 30.2 Å². The Morgan fingerprint density at radius 3 is 3.00 bits per heavy atom. The molecule has 1 aliphatic heterocycles. The fourth-order valence-corrected chi connectivity index (χ4v) is 4.84. The maximum absolute atomic E-state index is 12.7. The van der Waals surface area contributed by atoms with Crippen LogP contribution in [0.25, 0.3) is 10.9 Å². The van der Waals surface area contributed by atoms with E-state index in [1.807, 2.05) is 24.3 Å². The van der Waals surface area contributed by atoms with E-state index in [0.717, 1.165) is 73.8 Å². The zero-order chi connectivity index (χ0) is 21.2. The van der Waals surface area contributed by atoms with Crippen LogP contribution in [0, 0.1) is 0 Å². The van der Waals surface area contributed by atoms with Gasteiger partial charge in [0.25, 0.3) is 11.5 Å². The van der Waals surface area contributed by atoms with E-state index in [1.165, 1.54) is 0 Å². The van der Waals surface area contributed by atoms with Crippen LogP contribution in [0.4, 0.5) is 0 Å². The molecule has 2 aliphatic rings. The van der Waals surface area contributed by atoms with Crippen LogP contribution in [0.15, 0.2) is 35.1 Å². The lowest BCUT2D eigenvalue weighted by Crippen LogP contribution is -2.48. The van der Waals surface area contributed by atoms with E-state index in [2.05, 4.69) is 25.5 Å². The summed E-state index contributed by atoms with van der Waals surface area (Å²) in [5, 5.41) is 15.6. The van der Waals surface area contributed by atoms with Crippen LogP contribution in [0.5, 0.6) is 0 Å². The molecule has 2 N–H and O–H groups in total. The third kappa shape index (κ3) is 4.12. The Bertz CT molecular complexity index is 1150. The number of nitrogens with one attached hydrogen (secondary N) is 2. The molecule has 3 aromatic rings. The first kappa shape index (κ1) is 19.9. The second-order valence-electron chi connectivity index (χ2n) is 8.54. The average Bonchev–Trinajstić information content (AvgIpc) is 3.43. The van der Waals surface area contributed by atoms with E-state index >= 15 is 0 Å². The molecule has 1 atom stereocenters. The predicted octanol–water partition coefficient (Wildman–Crippen LogP) is 1.89. The molecule has 0 spiro atoms. The van der Waals surface area contributed by atoms with Gasteiger partial charge in [0.15, 0.2) is 5.69 Å². The molecule has 31 heavy (non-hydrogen) atoms. The lowest BCUT2D eigenvalue weighted by Gasteiger charge is -2.35. The molecule has 1 aliphatic carbocycles. The summed E-state index contributed by atoms with van der Waals surface area (Å²) in [5.41, 5.74) is 3.48. The fraction of sp³-hybridized carbons (Fsp3) is 0.478. The predicted molar refractivity (Wildman–Crippen MR) is 118 cm³/mol. The third-order valence-electron chi connectivity index (χ3n) is 6.56.